The number of nitrogen functional groups attached to an aromatic ring is 1. The monoisotopic (exact) mass is 355 g/mol. The quantitative estimate of drug-likeness (QED) is 0.323. The van der Waals surface area contributed by atoms with E-state index in [-0.39, 0.29) is 18.0 Å². The molecule has 0 aliphatic heterocycles. The van der Waals surface area contributed by atoms with Gasteiger partial charge in [-0.2, -0.15) is 0 Å². The average molecular weight is 356 g/mol. The lowest BCUT2D eigenvalue weighted by Crippen LogP contribution is -2.36. The Morgan fingerprint density at radius 2 is 1.50 bits per heavy atom. The highest BCUT2D eigenvalue weighted by Gasteiger charge is 2.28. The fraction of sp³-hybridized carbons (Fsp3) is 0.714. The van der Waals surface area contributed by atoms with Crippen LogP contribution in [0.15, 0.2) is 24.3 Å². The van der Waals surface area contributed by atoms with E-state index in [1.54, 1.807) is 0 Å². The number of halogens is 1. The number of ether oxygens (including phenoxy) is 1. The van der Waals surface area contributed by atoms with Crippen LogP contribution in [0.25, 0.3) is 0 Å². The van der Waals surface area contributed by atoms with E-state index in [2.05, 4.69) is 27.7 Å². The van der Waals surface area contributed by atoms with Crippen molar-refractivity contribution >= 4 is 18.1 Å². The molecule has 1 unspecified atom stereocenters. The Hall–Kier alpha value is -0.890. The molecule has 0 amide bonds. The standard InChI is InChI=1S/C21H37NO.ClH/c1-5-6-7-8-9-10-11-12-15-18(2)21(3,4)23-20-17-14-13-16-19(20)22;/h13-14,16-18H,5-12,15,22H2,1-4H3;1H. The van der Waals surface area contributed by atoms with Crippen LogP contribution >= 0.6 is 12.4 Å². The van der Waals surface area contributed by atoms with Gasteiger partial charge in [0.1, 0.15) is 11.4 Å². The van der Waals surface area contributed by atoms with Gasteiger partial charge in [-0.05, 0) is 38.3 Å². The van der Waals surface area contributed by atoms with Crippen LogP contribution in [-0.2, 0) is 0 Å². The lowest BCUT2D eigenvalue weighted by atomic mass is 9.87. The van der Waals surface area contributed by atoms with Crippen LogP contribution in [0.1, 0.15) is 85.5 Å². The Kier molecular flexibility index (Phi) is 12.0. The summed E-state index contributed by atoms with van der Waals surface area (Å²) in [6.07, 6.45) is 12.2. The van der Waals surface area contributed by atoms with E-state index in [4.69, 9.17) is 10.5 Å². The lowest BCUT2D eigenvalue weighted by molar-refractivity contribution is 0.0473. The zero-order valence-electron chi connectivity index (χ0n) is 16.1. The van der Waals surface area contributed by atoms with E-state index < -0.39 is 0 Å². The molecule has 1 aromatic rings. The summed E-state index contributed by atoms with van der Waals surface area (Å²) in [6.45, 7) is 8.92. The lowest BCUT2D eigenvalue weighted by Gasteiger charge is -2.33. The Labute approximate surface area is 156 Å². The normalized spacial score (nSPS) is 12.5. The molecule has 0 saturated heterocycles. The molecule has 0 radical (unpaired) electrons. The molecule has 0 heterocycles. The van der Waals surface area contributed by atoms with Gasteiger partial charge in [0, 0.05) is 0 Å². The largest absolute Gasteiger partial charge is 0.485 e. The highest BCUT2D eigenvalue weighted by Crippen LogP contribution is 2.31. The smallest absolute Gasteiger partial charge is 0.143 e. The Morgan fingerprint density at radius 3 is 2.08 bits per heavy atom. The van der Waals surface area contributed by atoms with Crippen molar-refractivity contribution in [2.24, 2.45) is 5.92 Å². The topological polar surface area (TPSA) is 35.2 Å². The van der Waals surface area contributed by atoms with Crippen LogP contribution in [0.2, 0.25) is 0 Å². The minimum absolute atomic E-state index is 0. The zero-order valence-corrected chi connectivity index (χ0v) is 17.0. The molecular formula is C21H38ClNO. The molecule has 1 rings (SSSR count). The van der Waals surface area contributed by atoms with E-state index in [0.29, 0.717) is 5.92 Å². The summed E-state index contributed by atoms with van der Waals surface area (Å²) in [5, 5.41) is 0. The zero-order chi connectivity index (χ0) is 17.1. The van der Waals surface area contributed by atoms with Crippen molar-refractivity contribution in [2.75, 3.05) is 5.73 Å². The number of unbranched alkanes of at least 4 members (excludes halogenated alkanes) is 7. The van der Waals surface area contributed by atoms with Crippen molar-refractivity contribution in [2.45, 2.75) is 91.1 Å². The molecule has 0 saturated carbocycles. The van der Waals surface area contributed by atoms with Gasteiger partial charge in [0.25, 0.3) is 0 Å². The van der Waals surface area contributed by atoms with Crippen molar-refractivity contribution in [1.29, 1.82) is 0 Å². The second kappa shape index (κ2) is 12.5. The molecule has 2 N–H and O–H groups in total. The summed E-state index contributed by atoms with van der Waals surface area (Å²) in [7, 11) is 0. The molecule has 2 nitrogen and oxygen atoms in total. The van der Waals surface area contributed by atoms with E-state index in [1.807, 2.05) is 24.3 Å². The minimum Gasteiger partial charge on any atom is -0.485 e. The summed E-state index contributed by atoms with van der Waals surface area (Å²) in [4.78, 5) is 0. The van der Waals surface area contributed by atoms with E-state index in [9.17, 15) is 0 Å². The average Bonchev–Trinajstić information content (AvgIpc) is 2.51. The van der Waals surface area contributed by atoms with E-state index >= 15 is 0 Å². The summed E-state index contributed by atoms with van der Waals surface area (Å²) >= 11 is 0. The molecule has 0 spiro atoms. The van der Waals surface area contributed by atoms with Gasteiger partial charge in [0.15, 0.2) is 0 Å². The summed E-state index contributed by atoms with van der Waals surface area (Å²) < 4.78 is 6.19. The Bertz CT molecular complexity index is 434. The minimum atomic E-state index is -0.184. The van der Waals surface area contributed by atoms with Gasteiger partial charge in [0.05, 0.1) is 5.69 Å². The molecule has 1 aromatic carbocycles. The first-order valence-corrected chi connectivity index (χ1v) is 9.51. The van der Waals surface area contributed by atoms with Gasteiger partial charge in [-0.25, -0.2) is 0 Å². The summed E-state index contributed by atoms with van der Waals surface area (Å²) in [5.41, 5.74) is 6.53. The maximum atomic E-state index is 6.19. The Balaban J connectivity index is 0.00000529. The third-order valence-electron chi connectivity index (χ3n) is 4.97. The highest BCUT2D eigenvalue weighted by molar-refractivity contribution is 5.85. The van der Waals surface area contributed by atoms with Crippen LogP contribution in [0.4, 0.5) is 5.69 Å². The van der Waals surface area contributed by atoms with Gasteiger partial charge in [-0.3, -0.25) is 0 Å². The summed E-state index contributed by atoms with van der Waals surface area (Å²) in [6, 6.07) is 7.78. The van der Waals surface area contributed by atoms with Gasteiger partial charge in [-0.1, -0.05) is 77.3 Å². The van der Waals surface area contributed by atoms with E-state index in [1.165, 1.54) is 57.8 Å². The molecule has 0 aromatic heterocycles. The number of benzene rings is 1. The van der Waals surface area contributed by atoms with Crippen molar-refractivity contribution in [3.8, 4) is 5.75 Å². The predicted molar refractivity (Wildman–Crippen MR) is 109 cm³/mol. The Morgan fingerprint density at radius 1 is 0.958 bits per heavy atom. The second-order valence-electron chi connectivity index (χ2n) is 7.41. The summed E-state index contributed by atoms with van der Waals surface area (Å²) in [5.74, 6) is 1.32. The third-order valence-corrected chi connectivity index (χ3v) is 4.97. The molecule has 140 valence electrons. The number of hydrogen-bond donors (Lipinski definition) is 1. The second-order valence-corrected chi connectivity index (χ2v) is 7.41. The van der Waals surface area contributed by atoms with E-state index in [0.717, 1.165) is 11.4 Å². The highest BCUT2D eigenvalue weighted by atomic mass is 35.5. The van der Waals surface area contributed by atoms with Crippen LogP contribution < -0.4 is 10.5 Å². The number of rotatable bonds is 12. The molecule has 3 heteroatoms. The fourth-order valence-electron chi connectivity index (χ4n) is 2.89. The van der Waals surface area contributed by atoms with Crippen LogP contribution in [0.5, 0.6) is 5.75 Å². The van der Waals surface area contributed by atoms with Crippen molar-refractivity contribution in [3.05, 3.63) is 24.3 Å². The van der Waals surface area contributed by atoms with Crippen molar-refractivity contribution in [1.82, 2.24) is 0 Å². The maximum Gasteiger partial charge on any atom is 0.143 e. The number of nitrogens with two attached hydrogens (primary N) is 1. The first kappa shape index (κ1) is 23.1. The first-order chi connectivity index (χ1) is 11.0. The SMILES string of the molecule is CCCCCCCCCCC(C)C(C)(C)Oc1ccccc1N.Cl. The van der Waals surface area contributed by atoms with Gasteiger partial charge < -0.3 is 10.5 Å². The van der Waals surface area contributed by atoms with Crippen LogP contribution in [-0.4, -0.2) is 5.60 Å². The molecule has 1 atom stereocenters. The van der Waals surface area contributed by atoms with Gasteiger partial charge >= 0.3 is 0 Å². The third kappa shape index (κ3) is 8.82. The van der Waals surface area contributed by atoms with Crippen LogP contribution in [0.3, 0.4) is 0 Å². The van der Waals surface area contributed by atoms with Gasteiger partial charge in [0.2, 0.25) is 0 Å². The van der Waals surface area contributed by atoms with Crippen molar-refractivity contribution in [3.63, 3.8) is 0 Å². The molecule has 0 aliphatic carbocycles. The maximum absolute atomic E-state index is 6.19. The molecule has 24 heavy (non-hydrogen) atoms. The van der Waals surface area contributed by atoms with Crippen LogP contribution in [0, 0.1) is 5.92 Å². The molecule has 0 aliphatic rings. The molecular weight excluding hydrogens is 318 g/mol. The number of anilines is 1. The predicted octanol–water partition coefficient (Wildman–Crippen LogP) is 7.01. The molecule has 0 bridgehead atoms. The molecule has 0 fully saturated rings. The first-order valence-electron chi connectivity index (χ1n) is 9.51. The van der Waals surface area contributed by atoms with Crippen molar-refractivity contribution < 1.29 is 4.74 Å². The fourth-order valence-corrected chi connectivity index (χ4v) is 2.89. The number of para-hydroxylation sites is 2. The van der Waals surface area contributed by atoms with Gasteiger partial charge in [-0.15, -0.1) is 12.4 Å². The number of hydrogen-bond acceptors (Lipinski definition) is 2.